The van der Waals surface area contributed by atoms with Gasteiger partial charge in [0.05, 0.1) is 0 Å². The van der Waals surface area contributed by atoms with Gasteiger partial charge >= 0.3 is 5.97 Å². The number of ketones is 2. The van der Waals surface area contributed by atoms with Crippen molar-refractivity contribution in [3.05, 3.63) is 11.6 Å². The smallest absolute Gasteiger partial charge is 0.302 e. The lowest BCUT2D eigenvalue weighted by Crippen LogP contribution is -2.29. The number of esters is 1. The minimum absolute atomic E-state index is 0.0523. The Morgan fingerprint density at radius 2 is 2.00 bits per heavy atom. The molecule has 4 heteroatoms. The van der Waals surface area contributed by atoms with Crippen LogP contribution in [0.25, 0.3) is 0 Å². The number of carbonyl (C=O) groups excluding carboxylic acids is 3. The monoisotopic (exact) mass is 266 g/mol. The summed E-state index contributed by atoms with van der Waals surface area (Å²) in [5, 5.41) is 0. The van der Waals surface area contributed by atoms with E-state index in [4.69, 9.17) is 4.74 Å². The minimum Gasteiger partial charge on any atom is -0.462 e. The Morgan fingerprint density at radius 1 is 1.37 bits per heavy atom. The zero-order valence-electron chi connectivity index (χ0n) is 12.1. The SMILES string of the molecule is CC(=O)OC/C=C1/CC(C)C(=O)CC(C)(C)CC1=O. The Hall–Kier alpha value is -1.45. The average molecular weight is 266 g/mol. The van der Waals surface area contributed by atoms with Crippen molar-refractivity contribution < 1.29 is 19.1 Å². The van der Waals surface area contributed by atoms with Gasteiger partial charge in [-0.25, -0.2) is 0 Å². The standard InChI is InChI=1S/C15H22O4/c1-10-7-12(5-6-19-11(2)16)14(18)9-15(3,4)8-13(10)17/h5,10H,6-9H2,1-4H3/b12-5-. The first-order chi connectivity index (χ1) is 8.71. The highest BCUT2D eigenvalue weighted by molar-refractivity contribution is 5.98. The molecule has 0 aliphatic heterocycles. The largest absolute Gasteiger partial charge is 0.462 e. The maximum Gasteiger partial charge on any atom is 0.302 e. The van der Waals surface area contributed by atoms with Gasteiger partial charge in [0.15, 0.2) is 5.78 Å². The van der Waals surface area contributed by atoms with Gasteiger partial charge in [-0.2, -0.15) is 0 Å². The molecule has 1 saturated carbocycles. The van der Waals surface area contributed by atoms with Crippen molar-refractivity contribution in [3.8, 4) is 0 Å². The van der Waals surface area contributed by atoms with Crippen molar-refractivity contribution >= 4 is 17.5 Å². The molecule has 1 atom stereocenters. The molecule has 106 valence electrons. The van der Waals surface area contributed by atoms with E-state index in [9.17, 15) is 14.4 Å². The van der Waals surface area contributed by atoms with Crippen LogP contribution in [-0.4, -0.2) is 24.1 Å². The summed E-state index contributed by atoms with van der Waals surface area (Å²) in [5.41, 5.74) is 0.304. The zero-order valence-corrected chi connectivity index (χ0v) is 12.1. The van der Waals surface area contributed by atoms with Crippen LogP contribution in [-0.2, 0) is 19.1 Å². The molecule has 0 amide bonds. The van der Waals surface area contributed by atoms with Crippen LogP contribution in [0.4, 0.5) is 0 Å². The lowest BCUT2D eigenvalue weighted by atomic mass is 9.74. The Morgan fingerprint density at radius 3 is 2.58 bits per heavy atom. The summed E-state index contributed by atoms with van der Waals surface area (Å²) in [6, 6.07) is 0. The topological polar surface area (TPSA) is 60.4 Å². The van der Waals surface area contributed by atoms with E-state index in [1.807, 2.05) is 20.8 Å². The molecule has 1 aliphatic rings. The fourth-order valence-electron chi connectivity index (χ4n) is 2.27. The van der Waals surface area contributed by atoms with Crippen molar-refractivity contribution in [2.45, 2.75) is 47.0 Å². The van der Waals surface area contributed by atoms with Gasteiger partial charge in [-0.3, -0.25) is 14.4 Å². The van der Waals surface area contributed by atoms with E-state index in [0.29, 0.717) is 24.8 Å². The highest BCUT2D eigenvalue weighted by Crippen LogP contribution is 2.33. The molecule has 19 heavy (non-hydrogen) atoms. The van der Waals surface area contributed by atoms with Crippen LogP contribution in [0.3, 0.4) is 0 Å². The highest BCUT2D eigenvalue weighted by atomic mass is 16.5. The van der Waals surface area contributed by atoms with Gasteiger partial charge < -0.3 is 4.74 Å². The zero-order chi connectivity index (χ0) is 14.6. The maximum absolute atomic E-state index is 12.2. The number of carbonyl (C=O) groups is 3. The normalized spacial score (nSPS) is 25.9. The summed E-state index contributed by atoms with van der Waals surface area (Å²) < 4.78 is 4.83. The van der Waals surface area contributed by atoms with Crippen LogP contribution in [0.15, 0.2) is 11.6 Å². The van der Waals surface area contributed by atoms with E-state index in [-0.39, 0.29) is 35.5 Å². The van der Waals surface area contributed by atoms with Crippen LogP contribution in [0, 0.1) is 11.3 Å². The Balaban J connectivity index is 2.86. The third kappa shape index (κ3) is 4.97. The van der Waals surface area contributed by atoms with Crippen LogP contribution < -0.4 is 0 Å². The summed E-state index contributed by atoms with van der Waals surface area (Å²) in [5.74, 6) is -0.293. The van der Waals surface area contributed by atoms with E-state index < -0.39 is 0 Å². The van der Waals surface area contributed by atoms with Crippen molar-refractivity contribution in [2.75, 3.05) is 6.61 Å². The first-order valence-electron chi connectivity index (χ1n) is 6.59. The molecule has 1 rings (SSSR count). The summed E-state index contributed by atoms with van der Waals surface area (Å²) in [6.07, 6.45) is 2.87. The average Bonchev–Trinajstić information content (AvgIpc) is 2.24. The molecule has 1 unspecified atom stereocenters. The third-order valence-corrected chi connectivity index (χ3v) is 3.34. The predicted molar refractivity (Wildman–Crippen MR) is 71.5 cm³/mol. The number of hydrogen-bond donors (Lipinski definition) is 0. The summed E-state index contributed by atoms with van der Waals surface area (Å²) >= 11 is 0. The molecule has 0 heterocycles. The van der Waals surface area contributed by atoms with Gasteiger partial charge in [0, 0.05) is 25.7 Å². The molecular formula is C15H22O4. The fourth-order valence-corrected chi connectivity index (χ4v) is 2.27. The maximum atomic E-state index is 12.2. The second-order valence-corrected chi connectivity index (χ2v) is 6.04. The Labute approximate surface area is 114 Å². The molecular weight excluding hydrogens is 244 g/mol. The van der Waals surface area contributed by atoms with Gasteiger partial charge in [0.25, 0.3) is 0 Å². The van der Waals surface area contributed by atoms with E-state index in [1.54, 1.807) is 6.08 Å². The van der Waals surface area contributed by atoms with Crippen molar-refractivity contribution in [1.82, 2.24) is 0 Å². The van der Waals surface area contributed by atoms with E-state index in [2.05, 4.69) is 0 Å². The second kappa shape index (κ2) is 6.13. The number of hydrogen-bond acceptors (Lipinski definition) is 4. The van der Waals surface area contributed by atoms with E-state index >= 15 is 0 Å². The van der Waals surface area contributed by atoms with Gasteiger partial charge in [0.2, 0.25) is 0 Å². The van der Waals surface area contributed by atoms with Gasteiger partial charge in [0.1, 0.15) is 12.4 Å². The third-order valence-electron chi connectivity index (χ3n) is 3.34. The summed E-state index contributed by atoms with van der Waals surface area (Å²) in [6.45, 7) is 7.14. The lowest BCUT2D eigenvalue weighted by Gasteiger charge is -2.28. The molecule has 0 radical (unpaired) electrons. The number of Topliss-reactive ketones (excluding diaryl/α,β-unsaturated/α-hetero) is 2. The van der Waals surface area contributed by atoms with Crippen LogP contribution >= 0.6 is 0 Å². The molecule has 1 aliphatic carbocycles. The van der Waals surface area contributed by atoms with Gasteiger partial charge in [-0.1, -0.05) is 20.8 Å². The highest BCUT2D eigenvalue weighted by Gasteiger charge is 2.32. The predicted octanol–water partition coefficient (Wildman–Crippen LogP) is 2.46. The molecule has 1 fully saturated rings. The first-order valence-corrected chi connectivity index (χ1v) is 6.59. The Bertz CT molecular complexity index is 418. The van der Waals surface area contributed by atoms with E-state index in [1.165, 1.54) is 6.92 Å². The second-order valence-electron chi connectivity index (χ2n) is 6.04. The first kappa shape index (κ1) is 15.6. The fraction of sp³-hybridized carbons (Fsp3) is 0.667. The van der Waals surface area contributed by atoms with Crippen molar-refractivity contribution in [1.29, 1.82) is 0 Å². The number of ether oxygens (including phenoxy) is 1. The van der Waals surface area contributed by atoms with Crippen LogP contribution in [0.5, 0.6) is 0 Å². The molecule has 0 N–H and O–H groups in total. The van der Waals surface area contributed by atoms with Crippen molar-refractivity contribution in [2.24, 2.45) is 11.3 Å². The molecule has 0 aromatic rings. The summed E-state index contributed by atoms with van der Waals surface area (Å²) in [7, 11) is 0. The van der Waals surface area contributed by atoms with Crippen LogP contribution in [0.1, 0.15) is 47.0 Å². The summed E-state index contributed by atoms with van der Waals surface area (Å²) in [4.78, 5) is 34.9. The van der Waals surface area contributed by atoms with Gasteiger partial charge in [-0.05, 0) is 23.5 Å². The Kier molecular flexibility index (Phi) is 5.04. The van der Waals surface area contributed by atoms with Gasteiger partial charge in [-0.15, -0.1) is 0 Å². The number of allylic oxidation sites excluding steroid dienone is 1. The quantitative estimate of drug-likeness (QED) is 0.569. The van der Waals surface area contributed by atoms with E-state index in [0.717, 1.165) is 0 Å². The molecule has 0 saturated heterocycles. The van der Waals surface area contributed by atoms with Crippen LogP contribution in [0.2, 0.25) is 0 Å². The van der Waals surface area contributed by atoms with Crippen molar-refractivity contribution in [3.63, 3.8) is 0 Å². The molecule has 0 aromatic carbocycles. The minimum atomic E-state index is -0.375. The number of rotatable bonds is 2. The molecule has 0 bridgehead atoms. The molecule has 0 spiro atoms. The molecule has 4 nitrogen and oxygen atoms in total. The lowest BCUT2D eigenvalue weighted by molar-refractivity contribution is -0.140. The molecule has 0 aromatic heterocycles.